The minimum Gasteiger partial charge on any atom is -0.494 e. The van der Waals surface area contributed by atoms with E-state index in [1.54, 1.807) is 42.7 Å². The molecule has 1 aromatic heterocycles. The zero-order chi connectivity index (χ0) is 18.8. The van der Waals surface area contributed by atoms with Gasteiger partial charge in [0.2, 0.25) is 6.79 Å². The van der Waals surface area contributed by atoms with E-state index in [4.69, 9.17) is 14.2 Å². The third kappa shape index (κ3) is 3.31. The fraction of sp³-hybridized carbons (Fsp3) is 0.200. The zero-order valence-electron chi connectivity index (χ0n) is 14.8. The average molecular weight is 366 g/mol. The molecule has 0 bridgehead atoms. The van der Waals surface area contributed by atoms with Crippen molar-refractivity contribution in [2.45, 2.75) is 13.5 Å². The Morgan fingerprint density at radius 3 is 2.52 bits per heavy atom. The summed E-state index contributed by atoms with van der Waals surface area (Å²) in [4.78, 5) is 25.1. The molecule has 0 spiro atoms. The first-order chi connectivity index (χ1) is 13.2. The summed E-state index contributed by atoms with van der Waals surface area (Å²) in [7, 11) is 0. The van der Waals surface area contributed by atoms with Crippen LogP contribution < -0.4 is 25.3 Å². The predicted octanol–water partition coefficient (Wildman–Crippen LogP) is 2.17. The van der Waals surface area contributed by atoms with Crippen molar-refractivity contribution in [3.63, 3.8) is 0 Å². The molecule has 1 aliphatic rings. The van der Waals surface area contributed by atoms with Crippen molar-refractivity contribution in [1.29, 1.82) is 0 Å². The second-order valence-corrected chi connectivity index (χ2v) is 6.02. The van der Waals surface area contributed by atoms with Crippen LogP contribution in [0.3, 0.4) is 0 Å². The largest absolute Gasteiger partial charge is 0.494 e. The minimum absolute atomic E-state index is 0.191. The monoisotopic (exact) mass is 366 g/mol. The predicted molar refractivity (Wildman–Crippen MR) is 99.1 cm³/mol. The van der Waals surface area contributed by atoms with Gasteiger partial charge in [0.1, 0.15) is 5.75 Å². The molecule has 2 heterocycles. The number of rotatable bonds is 5. The van der Waals surface area contributed by atoms with Crippen LogP contribution in [0.1, 0.15) is 12.5 Å². The van der Waals surface area contributed by atoms with Gasteiger partial charge in [-0.2, -0.15) is 0 Å². The topological polar surface area (TPSA) is 71.7 Å². The fourth-order valence-electron chi connectivity index (χ4n) is 2.94. The van der Waals surface area contributed by atoms with E-state index in [1.807, 2.05) is 19.1 Å². The fourth-order valence-corrected chi connectivity index (χ4v) is 2.94. The molecular formula is C20H18N2O5. The van der Waals surface area contributed by atoms with Gasteiger partial charge in [-0.05, 0) is 48.9 Å². The number of nitrogens with zero attached hydrogens (tertiary/aromatic N) is 2. The number of benzene rings is 2. The Bertz CT molecular complexity index is 1080. The van der Waals surface area contributed by atoms with Gasteiger partial charge in [-0.1, -0.05) is 6.07 Å². The van der Waals surface area contributed by atoms with Gasteiger partial charge in [0, 0.05) is 18.1 Å². The molecule has 1 aliphatic heterocycles. The Morgan fingerprint density at radius 2 is 1.74 bits per heavy atom. The normalized spacial score (nSPS) is 12.2. The van der Waals surface area contributed by atoms with Crippen molar-refractivity contribution in [1.82, 2.24) is 9.13 Å². The van der Waals surface area contributed by atoms with E-state index >= 15 is 0 Å². The Hall–Kier alpha value is -3.48. The van der Waals surface area contributed by atoms with Crippen molar-refractivity contribution in [2.75, 3.05) is 13.4 Å². The second-order valence-electron chi connectivity index (χ2n) is 6.02. The molecule has 0 amide bonds. The number of hydrogen-bond acceptors (Lipinski definition) is 5. The van der Waals surface area contributed by atoms with Gasteiger partial charge in [-0.25, -0.2) is 0 Å². The van der Waals surface area contributed by atoms with Crippen molar-refractivity contribution < 1.29 is 14.2 Å². The lowest BCUT2D eigenvalue weighted by molar-refractivity contribution is 0.174. The quantitative estimate of drug-likeness (QED) is 0.647. The van der Waals surface area contributed by atoms with E-state index in [0.717, 1.165) is 5.56 Å². The van der Waals surface area contributed by atoms with Crippen molar-refractivity contribution >= 4 is 0 Å². The highest BCUT2D eigenvalue weighted by atomic mass is 16.7. The highest BCUT2D eigenvalue weighted by molar-refractivity contribution is 5.44. The van der Waals surface area contributed by atoms with Crippen LogP contribution >= 0.6 is 0 Å². The highest BCUT2D eigenvalue weighted by Crippen LogP contribution is 2.32. The molecule has 4 rings (SSSR count). The molecule has 0 atom stereocenters. The summed E-state index contributed by atoms with van der Waals surface area (Å²) in [6.07, 6.45) is 3.19. The molecule has 0 saturated carbocycles. The van der Waals surface area contributed by atoms with Crippen LogP contribution in [0, 0.1) is 0 Å². The lowest BCUT2D eigenvalue weighted by Crippen LogP contribution is -2.40. The molecule has 0 unspecified atom stereocenters. The first kappa shape index (κ1) is 17.0. The number of hydrogen-bond donors (Lipinski definition) is 0. The zero-order valence-corrected chi connectivity index (χ0v) is 14.8. The maximum atomic E-state index is 12.5. The number of aromatic nitrogens is 2. The maximum Gasteiger partial charge on any atom is 0.320 e. The number of fused-ring (bicyclic) bond motifs is 1. The third-order valence-electron chi connectivity index (χ3n) is 4.27. The molecular weight excluding hydrogens is 348 g/mol. The smallest absolute Gasteiger partial charge is 0.320 e. The Kier molecular flexibility index (Phi) is 4.42. The second kappa shape index (κ2) is 7.03. The van der Waals surface area contributed by atoms with Crippen LogP contribution in [0.25, 0.3) is 5.69 Å². The molecule has 138 valence electrons. The number of ether oxygens (including phenoxy) is 3. The molecule has 0 N–H and O–H groups in total. The summed E-state index contributed by atoms with van der Waals surface area (Å²) in [6, 6.07) is 12.5. The first-order valence-electron chi connectivity index (χ1n) is 8.59. The van der Waals surface area contributed by atoms with Crippen LogP contribution in [0.4, 0.5) is 0 Å². The van der Waals surface area contributed by atoms with Crippen LogP contribution in [-0.4, -0.2) is 22.5 Å². The molecule has 7 heteroatoms. The van der Waals surface area contributed by atoms with E-state index < -0.39 is 11.1 Å². The van der Waals surface area contributed by atoms with Gasteiger partial charge in [-0.3, -0.25) is 14.2 Å². The van der Waals surface area contributed by atoms with Gasteiger partial charge in [0.25, 0.3) is 0 Å². The van der Waals surface area contributed by atoms with Gasteiger partial charge in [-0.15, -0.1) is 0 Å². The summed E-state index contributed by atoms with van der Waals surface area (Å²) >= 11 is 0. The van der Waals surface area contributed by atoms with E-state index in [9.17, 15) is 9.59 Å². The van der Waals surface area contributed by atoms with Gasteiger partial charge < -0.3 is 18.8 Å². The lowest BCUT2D eigenvalue weighted by atomic mass is 10.2. The van der Waals surface area contributed by atoms with E-state index in [-0.39, 0.29) is 13.3 Å². The van der Waals surface area contributed by atoms with Gasteiger partial charge in [0.15, 0.2) is 11.5 Å². The Labute approximate surface area is 155 Å². The summed E-state index contributed by atoms with van der Waals surface area (Å²) in [6.45, 7) is 2.93. The van der Waals surface area contributed by atoms with Crippen molar-refractivity contribution in [3.05, 3.63) is 81.1 Å². The SMILES string of the molecule is CCOc1ccc(-n2ccn(Cc3ccc4c(c3)OCO4)c(=O)c2=O)cc1. The molecule has 0 radical (unpaired) electrons. The molecule has 0 aliphatic carbocycles. The highest BCUT2D eigenvalue weighted by Gasteiger charge is 2.14. The van der Waals surface area contributed by atoms with E-state index in [1.165, 1.54) is 9.13 Å². The van der Waals surface area contributed by atoms with Crippen molar-refractivity contribution in [3.8, 4) is 22.9 Å². The molecule has 3 aromatic rings. The molecule has 0 saturated heterocycles. The van der Waals surface area contributed by atoms with E-state index in [0.29, 0.717) is 29.5 Å². The average Bonchev–Trinajstić information content (AvgIpc) is 3.15. The standard InChI is InChI=1S/C20H18N2O5/c1-2-25-16-6-4-15(5-7-16)22-10-9-21(19(23)20(22)24)12-14-3-8-17-18(11-14)27-13-26-17/h3-11H,2,12-13H2,1H3. The van der Waals surface area contributed by atoms with Crippen molar-refractivity contribution in [2.24, 2.45) is 0 Å². The van der Waals surface area contributed by atoms with Crippen LogP contribution in [0.2, 0.25) is 0 Å². The Balaban J connectivity index is 1.62. The molecule has 7 nitrogen and oxygen atoms in total. The molecule has 0 fully saturated rings. The first-order valence-corrected chi connectivity index (χ1v) is 8.59. The molecule has 27 heavy (non-hydrogen) atoms. The third-order valence-corrected chi connectivity index (χ3v) is 4.27. The summed E-state index contributed by atoms with van der Waals surface area (Å²) in [5.41, 5.74) is 0.252. The van der Waals surface area contributed by atoms with Crippen LogP contribution in [0.15, 0.2) is 64.4 Å². The summed E-state index contributed by atoms with van der Waals surface area (Å²) < 4.78 is 18.7. The van der Waals surface area contributed by atoms with Gasteiger partial charge >= 0.3 is 11.1 Å². The Morgan fingerprint density at radius 1 is 0.963 bits per heavy atom. The van der Waals surface area contributed by atoms with Crippen LogP contribution in [0.5, 0.6) is 17.2 Å². The summed E-state index contributed by atoms with van der Waals surface area (Å²) in [5.74, 6) is 2.03. The minimum atomic E-state index is -0.609. The molecule has 2 aromatic carbocycles. The van der Waals surface area contributed by atoms with Crippen LogP contribution in [-0.2, 0) is 6.54 Å². The van der Waals surface area contributed by atoms with E-state index in [2.05, 4.69) is 0 Å². The maximum absolute atomic E-state index is 12.5. The summed E-state index contributed by atoms with van der Waals surface area (Å²) in [5, 5.41) is 0. The van der Waals surface area contributed by atoms with Gasteiger partial charge in [0.05, 0.1) is 13.2 Å². The lowest BCUT2D eigenvalue weighted by Gasteiger charge is -2.10.